The average molecular weight is 361 g/mol. The van der Waals surface area contributed by atoms with E-state index in [0.717, 1.165) is 31.4 Å². The van der Waals surface area contributed by atoms with E-state index in [1.807, 2.05) is 29.2 Å². The Morgan fingerprint density at radius 1 is 1.36 bits per heavy atom. The molecule has 0 radical (unpaired) electrons. The number of methoxy groups -OCH3 is 1. The Bertz CT molecular complexity index is 719. The minimum absolute atomic E-state index is 0.147. The Labute approximate surface area is 151 Å². The first-order chi connectivity index (χ1) is 12.2. The molecule has 1 saturated heterocycles. The molecule has 3 rings (SSSR count). The smallest absolute Gasteiger partial charge is 0.277 e. The van der Waals surface area contributed by atoms with Crippen LogP contribution in [0.15, 0.2) is 33.9 Å². The molecule has 0 bridgehead atoms. The third-order valence-corrected chi connectivity index (χ3v) is 5.28. The number of rotatable bonds is 6. The summed E-state index contributed by atoms with van der Waals surface area (Å²) in [5.74, 6) is 1.55. The number of likely N-dealkylation sites (tertiary alicyclic amines) is 1. The minimum atomic E-state index is 0.147. The predicted molar refractivity (Wildman–Crippen MR) is 96.7 cm³/mol. The van der Waals surface area contributed by atoms with Crippen LogP contribution in [0.25, 0.3) is 11.5 Å². The molecule has 0 spiro atoms. The standard InChI is InChI=1S/C18H23N3O3S/c1-3-13-8-6-7-11-21(13)16(22)12-25-18-20-19-17(24-18)14-9-4-5-10-15(14)23-2/h4-5,9-10,13H,3,6-8,11-12H2,1-2H3. The molecule has 6 nitrogen and oxygen atoms in total. The van der Waals surface area contributed by atoms with Crippen molar-refractivity contribution in [3.63, 3.8) is 0 Å². The molecule has 0 saturated carbocycles. The van der Waals surface area contributed by atoms with Crippen LogP contribution in [-0.2, 0) is 4.79 Å². The Morgan fingerprint density at radius 3 is 3.00 bits per heavy atom. The van der Waals surface area contributed by atoms with Crippen LogP contribution in [-0.4, -0.2) is 46.5 Å². The second-order valence-corrected chi connectivity index (χ2v) is 6.93. The van der Waals surface area contributed by atoms with Crippen molar-refractivity contribution >= 4 is 17.7 Å². The molecule has 1 aliphatic heterocycles. The van der Waals surface area contributed by atoms with Crippen molar-refractivity contribution < 1.29 is 13.9 Å². The second kappa shape index (κ2) is 8.38. The number of hydrogen-bond acceptors (Lipinski definition) is 6. The summed E-state index contributed by atoms with van der Waals surface area (Å²) in [5.41, 5.74) is 0.748. The molecular weight excluding hydrogens is 338 g/mol. The molecule has 1 amide bonds. The van der Waals surface area contributed by atoms with Crippen molar-refractivity contribution in [2.24, 2.45) is 0 Å². The van der Waals surface area contributed by atoms with Crippen LogP contribution in [0, 0.1) is 0 Å². The molecule has 1 aromatic carbocycles. The molecule has 1 aliphatic rings. The molecule has 0 N–H and O–H groups in total. The fourth-order valence-corrected chi connectivity index (χ4v) is 3.81. The molecule has 134 valence electrons. The highest BCUT2D eigenvalue weighted by Gasteiger charge is 2.25. The number of amides is 1. The summed E-state index contributed by atoms with van der Waals surface area (Å²) in [4.78, 5) is 14.5. The van der Waals surface area contributed by atoms with Crippen LogP contribution in [0.4, 0.5) is 0 Å². The fourth-order valence-electron chi connectivity index (χ4n) is 3.16. The number of carbonyl (C=O) groups excluding carboxylic acids is 1. The average Bonchev–Trinajstić information content (AvgIpc) is 3.14. The van der Waals surface area contributed by atoms with E-state index < -0.39 is 0 Å². The van der Waals surface area contributed by atoms with Gasteiger partial charge in [-0.1, -0.05) is 30.8 Å². The monoisotopic (exact) mass is 361 g/mol. The number of hydrogen-bond donors (Lipinski definition) is 0. The maximum Gasteiger partial charge on any atom is 0.277 e. The first-order valence-electron chi connectivity index (χ1n) is 8.62. The van der Waals surface area contributed by atoms with E-state index >= 15 is 0 Å². The lowest BCUT2D eigenvalue weighted by atomic mass is 10.0. The first kappa shape index (κ1) is 17.8. The normalized spacial score (nSPS) is 17.5. The van der Waals surface area contributed by atoms with Gasteiger partial charge in [0, 0.05) is 12.6 Å². The van der Waals surface area contributed by atoms with Gasteiger partial charge in [0.05, 0.1) is 18.4 Å². The molecule has 1 unspecified atom stereocenters. The third kappa shape index (κ3) is 4.15. The van der Waals surface area contributed by atoms with Crippen LogP contribution >= 0.6 is 11.8 Å². The van der Waals surface area contributed by atoms with Crippen molar-refractivity contribution in [3.8, 4) is 17.2 Å². The topological polar surface area (TPSA) is 68.5 Å². The van der Waals surface area contributed by atoms with Crippen LogP contribution in [0.3, 0.4) is 0 Å². The zero-order valence-corrected chi connectivity index (χ0v) is 15.4. The highest BCUT2D eigenvalue weighted by Crippen LogP contribution is 2.30. The molecule has 25 heavy (non-hydrogen) atoms. The van der Waals surface area contributed by atoms with Crippen molar-refractivity contribution in [1.29, 1.82) is 0 Å². The Hall–Kier alpha value is -2.02. The van der Waals surface area contributed by atoms with Crippen LogP contribution in [0.5, 0.6) is 5.75 Å². The molecule has 0 aliphatic carbocycles. The number of thioether (sulfide) groups is 1. The second-order valence-electron chi connectivity index (χ2n) is 6.01. The molecule has 1 aromatic heterocycles. The quantitative estimate of drug-likeness (QED) is 0.732. The first-order valence-corrected chi connectivity index (χ1v) is 9.60. The van der Waals surface area contributed by atoms with E-state index in [-0.39, 0.29) is 5.91 Å². The predicted octanol–water partition coefficient (Wildman–Crippen LogP) is 3.63. The summed E-state index contributed by atoms with van der Waals surface area (Å²) in [7, 11) is 1.60. The lowest BCUT2D eigenvalue weighted by Crippen LogP contribution is -2.44. The van der Waals surface area contributed by atoms with Crippen LogP contribution < -0.4 is 4.74 Å². The Balaban J connectivity index is 1.63. The molecule has 2 heterocycles. The highest BCUT2D eigenvalue weighted by atomic mass is 32.2. The third-order valence-electron chi connectivity index (χ3n) is 4.48. The maximum atomic E-state index is 12.5. The number of para-hydroxylation sites is 1. The van der Waals surface area contributed by atoms with E-state index in [9.17, 15) is 4.79 Å². The SMILES string of the molecule is CCC1CCCCN1C(=O)CSc1nnc(-c2ccccc2OC)o1. The van der Waals surface area contributed by atoms with Gasteiger partial charge in [-0.2, -0.15) is 0 Å². The van der Waals surface area contributed by atoms with Gasteiger partial charge in [0.15, 0.2) is 0 Å². The largest absolute Gasteiger partial charge is 0.496 e. The maximum absolute atomic E-state index is 12.5. The summed E-state index contributed by atoms with van der Waals surface area (Å²) in [6.45, 7) is 3.00. The minimum Gasteiger partial charge on any atom is -0.496 e. The lowest BCUT2D eigenvalue weighted by Gasteiger charge is -2.35. The van der Waals surface area contributed by atoms with E-state index in [2.05, 4.69) is 17.1 Å². The van der Waals surface area contributed by atoms with Crippen molar-refractivity contribution in [3.05, 3.63) is 24.3 Å². The lowest BCUT2D eigenvalue weighted by molar-refractivity contribution is -0.132. The number of nitrogens with zero attached hydrogens (tertiary/aromatic N) is 3. The van der Waals surface area contributed by atoms with E-state index in [1.54, 1.807) is 7.11 Å². The van der Waals surface area contributed by atoms with Crippen LogP contribution in [0.2, 0.25) is 0 Å². The Kier molecular flexibility index (Phi) is 5.96. The van der Waals surface area contributed by atoms with Gasteiger partial charge >= 0.3 is 0 Å². The molecule has 1 fully saturated rings. The van der Waals surface area contributed by atoms with E-state index in [0.29, 0.717) is 28.7 Å². The summed E-state index contributed by atoms with van der Waals surface area (Å²) >= 11 is 1.29. The van der Waals surface area contributed by atoms with Gasteiger partial charge in [-0.25, -0.2) is 0 Å². The van der Waals surface area contributed by atoms with E-state index in [4.69, 9.17) is 9.15 Å². The number of carbonyl (C=O) groups is 1. The van der Waals surface area contributed by atoms with Gasteiger partial charge in [-0.15, -0.1) is 10.2 Å². The van der Waals surface area contributed by atoms with Crippen molar-refractivity contribution in [2.75, 3.05) is 19.4 Å². The number of benzene rings is 1. The zero-order valence-electron chi connectivity index (χ0n) is 14.6. The van der Waals surface area contributed by atoms with Gasteiger partial charge < -0.3 is 14.1 Å². The number of aromatic nitrogens is 2. The summed E-state index contributed by atoms with van der Waals surface area (Å²) in [5, 5.41) is 8.52. The Morgan fingerprint density at radius 2 is 2.20 bits per heavy atom. The highest BCUT2D eigenvalue weighted by molar-refractivity contribution is 7.99. The van der Waals surface area contributed by atoms with Crippen molar-refractivity contribution in [1.82, 2.24) is 15.1 Å². The molecular formula is C18H23N3O3S. The van der Waals surface area contributed by atoms with Gasteiger partial charge in [-0.3, -0.25) is 4.79 Å². The summed E-state index contributed by atoms with van der Waals surface area (Å²) in [6.07, 6.45) is 4.41. The van der Waals surface area contributed by atoms with Gasteiger partial charge in [0.25, 0.3) is 11.1 Å². The number of ether oxygens (including phenoxy) is 1. The van der Waals surface area contributed by atoms with Crippen molar-refractivity contribution in [2.45, 2.75) is 43.9 Å². The molecule has 7 heteroatoms. The summed E-state index contributed by atoms with van der Waals surface area (Å²) in [6, 6.07) is 7.85. The van der Waals surface area contributed by atoms with Gasteiger partial charge in [-0.05, 0) is 37.8 Å². The zero-order chi connectivity index (χ0) is 17.6. The van der Waals surface area contributed by atoms with Gasteiger partial charge in [0.2, 0.25) is 5.91 Å². The van der Waals surface area contributed by atoms with E-state index in [1.165, 1.54) is 18.2 Å². The van der Waals surface area contributed by atoms with Gasteiger partial charge in [0.1, 0.15) is 5.75 Å². The van der Waals surface area contributed by atoms with Crippen LogP contribution in [0.1, 0.15) is 32.6 Å². The molecule has 1 atom stereocenters. The number of piperidine rings is 1. The summed E-state index contributed by atoms with van der Waals surface area (Å²) < 4.78 is 11.0. The molecule has 2 aromatic rings. The fraction of sp³-hybridized carbons (Fsp3) is 0.500.